The van der Waals surface area contributed by atoms with E-state index in [0.29, 0.717) is 55.4 Å². The molecule has 0 spiro atoms. The van der Waals surface area contributed by atoms with E-state index in [1.165, 1.54) is 29.4 Å². The standard InChI is InChI=1S/C42H60ClN10O12PS/c1-25(2)17-32(49-41(60)35-13-10-15-53(35)27(4)55)38(57)48-33(39(58)50-34(22-54)40(59)51-36(37(44)56)26(3)65-66(61,62)63)19-31-21-45-24-52(31)14-7-5-6-8-16-64-46-20-30-23-67-42(47-30)28-11-9-12-29(43)18-28/h9,11-12,18,20-21,23-26,32-36,54H,5-8,10,13-17,19,22H2,1-4H3,(H2,44,56)(H,48,57)(H,49,60)(H,50,58)(H,51,59)(H2,61,62,63)/b46-20+/t26-,32+,33+,34+,35+,36+/m1/s1. The number of hydrogen-bond acceptors (Lipinski definition) is 14. The lowest BCUT2D eigenvalue weighted by molar-refractivity contribution is -0.139. The monoisotopic (exact) mass is 994 g/mol. The zero-order valence-corrected chi connectivity index (χ0v) is 40.2. The van der Waals surface area contributed by atoms with Crippen molar-refractivity contribution in [2.75, 3.05) is 19.8 Å². The van der Waals surface area contributed by atoms with Gasteiger partial charge in [-0.25, -0.2) is 14.5 Å². The van der Waals surface area contributed by atoms with Crippen LogP contribution in [0.3, 0.4) is 0 Å². The Balaban J connectivity index is 1.41. The number of aliphatic hydroxyl groups is 1. The summed E-state index contributed by atoms with van der Waals surface area (Å²) in [5.74, 6) is -4.98. The van der Waals surface area contributed by atoms with Crippen LogP contribution in [0, 0.1) is 5.92 Å². The Morgan fingerprint density at radius 2 is 1.72 bits per heavy atom. The van der Waals surface area contributed by atoms with Crippen molar-refractivity contribution in [2.45, 2.75) is 122 Å². The number of phosphoric ester groups is 1. The number of nitrogens with two attached hydrogens (primary N) is 1. The number of likely N-dealkylation sites (tertiary alicyclic amines) is 1. The lowest BCUT2D eigenvalue weighted by atomic mass is 10.0. The molecule has 368 valence electrons. The minimum atomic E-state index is -5.13. The Kier molecular flexibility index (Phi) is 21.3. The normalized spacial score (nSPS) is 16.3. The van der Waals surface area contributed by atoms with Crippen LogP contribution in [-0.4, -0.2) is 132 Å². The predicted molar refractivity (Wildman–Crippen MR) is 247 cm³/mol. The molecule has 1 aliphatic rings. The van der Waals surface area contributed by atoms with E-state index >= 15 is 0 Å². The van der Waals surface area contributed by atoms with Crippen molar-refractivity contribution in [3.8, 4) is 10.6 Å². The van der Waals surface area contributed by atoms with E-state index in [-0.39, 0.29) is 24.7 Å². The van der Waals surface area contributed by atoms with Crippen LogP contribution in [0.25, 0.3) is 10.6 Å². The van der Waals surface area contributed by atoms with Gasteiger partial charge in [0.2, 0.25) is 35.4 Å². The third-order valence-corrected chi connectivity index (χ3v) is 12.3. The van der Waals surface area contributed by atoms with Crippen molar-refractivity contribution in [3.05, 3.63) is 58.6 Å². The number of nitrogens with zero attached hydrogens (tertiary/aromatic N) is 5. The number of unbranched alkanes of at least 4 members (excludes halogenated alkanes) is 3. The molecule has 1 saturated heterocycles. The molecule has 1 aliphatic heterocycles. The molecule has 0 radical (unpaired) electrons. The molecule has 6 atom stereocenters. The third-order valence-electron chi connectivity index (χ3n) is 10.6. The second kappa shape index (κ2) is 26.3. The second-order valence-electron chi connectivity index (χ2n) is 16.4. The average Bonchev–Trinajstić information content (AvgIpc) is 4.05. The van der Waals surface area contributed by atoms with E-state index in [9.17, 15) is 48.2 Å². The van der Waals surface area contributed by atoms with Gasteiger partial charge in [-0.05, 0) is 63.5 Å². The Morgan fingerprint density at radius 3 is 2.39 bits per heavy atom. The van der Waals surface area contributed by atoms with Crippen molar-refractivity contribution in [1.82, 2.24) is 40.7 Å². The predicted octanol–water partition coefficient (Wildman–Crippen LogP) is 1.79. The van der Waals surface area contributed by atoms with E-state index in [0.717, 1.165) is 36.8 Å². The second-order valence-corrected chi connectivity index (χ2v) is 18.9. The lowest BCUT2D eigenvalue weighted by Gasteiger charge is -2.28. The van der Waals surface area contributed by atoms with Gasteiger partial charge in [-0.15, -0.1) is 11.3 Å². The summed E-state index contributed by atoms with van der Waals surface area (Å²) in [5.41, 5.74) is 7.45. The number of nitrogens with one attached hydrogen (secondary N) is 4. The number of aryl methyl sites for hydroxylation is 1. The number of hydrogen-bond donors (Lipinski definition) is 8. The first-order valence-corrected chi connectivity index (χ1v) is 24.5. The van der Waals surface area contributed by atoms with Gasteiger partial charge in [-0.1, -0.05) is 49.2 Å². The van der Waals surface area contributed by atoms with Gasteiger partial charge in [0.15, 0.2) is 0 Å². The fourth-order valence-corrected chi connectivity index (χ4v) is 8.77. The number of thiazole rings is 1. The number of amides is 6. The molecular formula is C42H60ClN10O12PS. The number of phosphoric acid groups is 1. The highest BCUT2D eigenvalue weighted by Gasteiger charge is 2.37. The van der Waals surface area contributed by atoms with Crippen LogP contribution in [-0.2, 0) is 55.7 Å². The molecule has 25 heteroatoms. The minimum absolute atomic E-state index is 0.104. The van der Waals surface area contributed by atoms with E-state index in [1.54, 1.807) is 23.2 Å². The summed E-state index contributed by atoms with van der Waals surface area (Å²) in [5, 5.41) is 27.5. The highest BCUT2D eigenvalue weighted by molar-refractivity contribution is 7.46. The first-order chi connectivity index (χ1) is 31.8. The minimum Gasteiger partial charge on any atom is -0.396 e. The molecule has 1 aromatic carbocycles. The molecule has 0 aliphatic carbocycles. The van der Waals surface area contributed by atoms with E-state index < -0.39 is 80.3 Å². The van der Waals surface area contributed by atoms with Gasteiger partial charge in [-0.3, -0.25) is 33.3 Å². The Labute approximate surface area is 397 Å². The number of halogens is 1. The zero-order chi connectivity index (χ0) is 49.3. The smallest absolute Gasteiger partial charge is 0.396 e. The molecule has 1 fully saturated rings. The Bertz CT molecular complexity index is 2240. The number of oxime groups is 1. The molecule has 3 heterocycles. The summed E-state index contributed by atoms with van der Waals surface area (Å²) in [7, 11) is -5.13. The molecular weight excluding hydrogens is 935 g/mol. The van der Waals surface area contributed by atoms with Crippen LogP contribution >= 0.6 is 30.8 Å². The summed E-state index contributed by atoms with van der Waals surface area (Å²) in [4.78, 5) is 113. The highest BCUT2D eigenvalue weighted by atomic mass is 35.5. The Morgan fingerprint density at radius 1 is 1.01 bits per heavy atom. The fourth-order valence-electron chi connectivity index (χ4n) is 7.26. The number of rotatable bonds is 27. The fraction of sp³-hybridized carbons (Fsp3) is 0.548. The van der Waals surface area contributed by atoms with Crippen molar-refractivity contribution in [1.29, 1.82) is 0 Å². The molecule has 3 aromatic rings. The maximum atomic E-state index is 14.1. The average molecular weight is 995 g/mol. The quantitative estimate of drug-likeness (QED) is 0.0234. The number of imidazole rings is 1. The Hall–Kier alpha value is -5.29. The first kappa shape index (κ1) is 54.3. The maximum Gasteiger partial charge on any atom is 0.469 e. The topological polar surface area (TPSA) is 319 Å². The first-order valence-electron chi connectivity index (χ1n) is 21.7. The van der Waals surface area contributed by atoms with Crippen LogP contribution in [0.5, 0.6) is 0 Å². The number of aromatic nitrogens is 3. The maximum absolute atomic E-state index is 14.1. The molecule has 0 bridgehead atoms. The van der Waals surface area contributed by atoms with E-state index in [4.69, 9.17) is 22.2 Å². The van der Waals surface area contributed by atoms with Crippen LogP contribution in [0.2, 0.25) is 5.02 Å². The van der Waals surface area contributed by atoms with Crippen LogP contribution in [0.15, 0.2) is 47.3 Å². The summed E-state index contributed by atoms with van der Waals surface area (Å²) in [6.45, 7) is 6.37. The van der Waals surface area contributed by atoms with Crippen molar-refractivity contribution < 1.29 is 57.6 Å². The van der Waals surface area contributed by atoms with Gasteiger partial charge in [-0.2, -0.15) is 0 Å². The summed E-state index contributed by atoms with van der Waals surface area (Å²) >= 11 is 7.57. The molecule has 0 unspecified atom stereocenters. The van der Waals surface area contributed by atoms with Crippen molar-refractivity contribution in [3.63, 3.8) is 0 Å². The molecule has 0 saturated carbocycles. The third kappa shape index (κ3) is 17.7. The van der Waals surface area contributed by atoms with Crippen LogP contribution < -0.4 is 27.0 Å². The van der Waals surface area contributed by atoms with Gasteiger partial charge >= 0.3 is 7.82 Å². The number of benzene rings is 1. The van der Waals surface area contributed by atoms with E-state index in [1.807, 2.05) is 37.4 Å². The molecule has 22 nitrogen and oxygen atoms in total. The highest BCUT2D eigenvalue weighted by Crippen LogP contribution is 2.38. The van der Waals surface area contributed by atoms with Gasteiger partial charge in [0, 0.05) is 54.3 Å². The van der Waals surface area contributed by atoms with Crippen LogP contribution in [0.4, 0.5) is 0 Å². The molecule has 4 rings (SSSR count). The molecule has 9 N–H and O–H groups in total. The summed E-state index contributed by atoms with van der Waals surface area (Å²) in [6.07, 6.45) is 7.07. The SMILES string of the molecule is CC(=O)N1CCC[C@H]1C(=O)N[C@@H](CC(C)C)C(=O)N[C@@H](Cc1cncn1CCCCCCO/N=C/c1csc(-c2cccc(Cl)c2)n1)C(=O)N[C@@H](CO)C(=O)N[C@H](C(N)=O)[C@@H](C)OP(=O)(O)O. The molecule has 6 amide bonds. The zero-order valence-electron chi connectivity index (χ0n) is 37.7. The largest absolute Gasteiger partial charge is 0.469 e. The van der Waals surface area contributed by atoms with Crippen molar-refractivity contribution in [2.24, 2.45) is 16.8 Å². The van der Waals surface area contributed by atoms with Crippen LogP contribution in [0.1, 0.15) is 84.0 Å². The van der Waals surface area contributed by atoms with Crippen molar-refractivity contribution >= 4 is 72.4 Å². The number of aliphatic hydroxyl groups excluding tert-OH is 1. The number of carbonyl (C=O) groups is 6. The van der Waals surface area contributed by atoms with Gasteiger partial charge < -0.3 is 56.2 Å². The van der Waals surface area contributed by atoms with Gasteiger partial charge in [0.25, 0.3) is 0 Å². The lowest BCUT2D eigenvalue weighted by Crippen LogP contribution is -2.61. The summed E-state index contributed by atoms with van der Waals surface area (Å²) in [6, 6.07) is 0.544. The molecule has 2 aromatic heterocycles. The number of primary amides is 1. The van der Waals surface area contributed by atoms with Gasteiger partial charge in [0.1, 0.15) is 41.8 Å². The molecule has 67 heavy (non-hydrogen) atoms. The number of carbonyl (C=O) groups excluding carboxylic acids is 6. The summed E-state index contributed by atoms with van der Waals surface area (Å²) < 4.78 is 17.7. The van der Waals surface area contributed by atoms with Gasteiger partial charge in [0.05, 0.1) is 30.9 Å². The van der Waals surface area contributed by atoms with E-state index in [2.05, 4.69) is 40.9 Å².